The van der Waals surface area contributed by atoms with Crippen LogP contribution in [0.15, 0.2) is 24.3 Å². The molecule has 9 nitrogen and oxygen atoms in total. The number of carbonyl (C=O) groups is 3. The van der Waals surface area contributed by atoms with E-state index < -0.39 is 85.5 Å². The van der Waals surface area contributed by atoms with Crippen molar-refractivity contribution in [2.75, 3.05) is 39.8 Å². The van der Waals surface area contributed by atoms with Crippen LogP contribution in [0.1, 0.15) is 56.9 Å². The quantitative estimate of drug-likeness (QED) is 0.391. The van der Waals surface area contributed by atoms with Gasteiger partial charge in [0.05, 0.1) is 19.2 Å². The number of para-hydroxylation sites is 1. The van der Waals surface area contributed by atoms with Crippen LogP contribution in [0.4, 0.5) is 17.6 Å². The molecule has 3 aliphatic heterocycles. The smallest absolute Gasteiger partial charge is 0.262 e. The molecule has 2 saturated heterocycles. The number of hydrogen-bond donors (Lipinski definition) is 3. The zero-order valence-corrected chi connectivity index (χ0v) is 24.6. The maximum Gasteiger partial charge on any atom is 0.262 e. The number of nitrogens with one attached hydrogen (secondary N) is 3. The first-order chi connectivity index (χ1) is 20.4. The van der Waals surface area contributed by atoms with E-state index in [4.69, 9.17) is 4.74 Å². The molecule has 3 amide bonds. The first-order valence-corrected chi connectivity index (χ1v) is 15.1. The molecule has 5 rings (SSSR count). The number of piperazine rings is 1. The molecule has 5 atom stereocenters. The van der Waals surface area contributed by atoms with Gasteiger partial charge in [-0.05, 0) is 50.8 Å². The van der Waals surface area contributed by atoms with E-state index in [1.807, 2.05) is 24.3 Å². The summed E-state index contributed by atoms with van der Waals surface area (Å²) < 4.78 is 62.7. The molecule has 1 aliphatic carbocycles. The lowest BCUT2D eigenvalue weighted by Gasteiger charge is -2.45. The predicted octanol–water partition coefficient (Wildman–Crippen LogP) is 2.51. The molecule has 0 bridgehead atoms. The van der Waals surface area contributed by atoms with Gasteiger partial charge < -0.3 is 25.6 Å². The van der Waals surface area contributed by atoms with Gasteiger partial charge in [0.2, 0.25) is 23.6 Å². The van der Waals surface area contributed by atoms with E-state index in [0.29, 0.717) is 13.0 Å². The minimum atomic E-state index is -2.96. The van der Waals surface area contributed by atoms with Crippen molar-refractivity contribution in [2.24, 2.45) is 5.92 Å². The van der Waals surface area contributed by atoms with Gasteiger partial charge in [-0.25, -0.2) is 17.6 Å². The maximum absolute atomic E-state index is 14.5. The zero-order chi connectivity index (χ0) is 30.9. The lowest BCUT2D eigenvalue weighted by atomic mass is 9.81. The third-order valence-corrected chi connectivity index (χ3v) is 9.49. The van der Waals surface area contributed by atoms with E-state index in [0.717, 1.165) is 11.3 Å². The minimum absolute atomic E-state index is 0.0130. The number of hydrogen-bond acceptors (Lipinski definition) is 6. The molecule has 0 unspecified atom stereocenters. The first kappa shape index (κ1) is 31.5. The van der Waals surface area contributed by atoms with Crippen molar-refractivity contribution in [1.29, 1.82) is 0 Å². The SMILES string of the molecule is CN[C@@H](C)C(=O)N[C@H](C(=O)N1C[C@H]2CC(F)(F)CN2C[C@H]1C(=O)NC[C@@H]1CCOc2ccccc21)C1CCC(F)(F)CC1. The molecule has 4 aliphatic rings. The summed E-state index contributed by atoms with van der Waals surface area (Å²) in [7, 11) is 1.58. The van der Waals surface area contributed by atoms with Gasteiger partial charge in [0.25, 0.3) is 5.92 Å². The van der Waals surface area contributed by atoms with Gasteiger partial charge in [0, 0.05) is 50.9 Å². The second kappa shape index (κ2) is 12.6. The Hall–Kier alpha value is -2.93. The van der Waals surface area contributed by atoms with Crippen LogP contribution in [0.2, 0.25) is 0 Å². The minimum Gasteiger partial charge on any atom is -0.493 e. The van der Waals surface area contributed by atoms with Crippen LogP contribution in [0.25, 0.3) is 0 Å². The van der Waals surface area contributed by atoms with Gasteiger partial charge in [-0.15, -0.1) is 0 Å². The first-order valence-electron chi connectivity index (χ1n) is 15.1. The summed E-state index contributed by atoms with van der Waals surface area (Å²) in [5.74, 6) is -7.22. The van der Waals surface area contributed by atoms with Crippen LogP contribution in [0.5, 0.6) is 5.75 Å². The van der Waals surface area contributed by atoms with Crippen molar-refractivity contribution >= 4 is 17.7 Å². The second-order valence-electron chi connectivity index (χ2n) is 12.5. The summed E-state index contributed by atoms with van der Waals surface area (Å²) in [6.45, 7) is 1.66. The van der Waals surface area contributed by atoms with Crippen LogP contribution in [0, 0.1) is 5.92 Å². The lowest BCUT2D eigenvalue weighted by Crippen LogP contribution is -2.66. The number of halogens is 4. The Labute approximate surface area is 249 Å². The third-order valence-electron chi connectivity index (χ3n) is 9.49. The highest BCUT2D eigenvalue weighted by Gasteiger charge is 2.52. The number of rotatable bonds is 8. The lowest BCUT2D eigenvalue weighted by molar-refractivity contribution is -0.150. The summed E-state index contributed by atoms with van der Waals surface area (Å²) >= 11 is 0. The number of nitrogens with zero attached hydrogens (tertiary/aromatic N) is 2. The molecule has 3 fully saturated rings. The summed E-state index contributed by atoms with van der Waals surface area (Å²) in [5.41, 5.74) is 0.959. The average Bonchev–Trinajstić information content (AvgIpc) is 3.30. The fourth-order valence-electron chi connectivity index (χ4n) is 6.84. The normalized spacial score (nSPS) is 28.1. The Balaban J connectivity index is 1.37. The van der Waals surface area contributed by atoms with Crippen molar-refractivity contribution in [3.63, 3.8) is 0 Å². The van der Waals surface area contributed by atoms with Crippen molar-refractivity contribution in [3.8, 4) is 5.75 Å². The highest BCUT2D eigenvalue weighted by Crippen LogP contribution is 2.40. The number of benzene rings is 1. The van der Waals surface area contributed by atoms with Crippen LogP contribution in [0.3, 0.4) is 0 Å². The Bertz CT molecular complexity index is 1190. The van der Waals surface area contributed by atoms with Crippen LogP contribution >= 0.6 is 0 Å². The molecule has 0 spiro atoms. The number of fused-ring (bicyclic) bond motifs is 2. The van der Waals surface area contributed by atoms with Gasteiger partial charge in [0.15, 0.2) is 0 Å². The Kier molecular flexibility index (Phi) is 9.22. The van der Waals surface area contributed by atoms with Gasteiger partial charge in [0.1, 0.15) is 17.8 Å². The molecule has 0 radical (unpaired) electrons. The van der Waals surface area contributed by atoms with Crippen molar-refractivity contribution < 1.29 is 36.7 Å². The van der Waals surface area contributed by atoms with Crippen molar-refractivity contribution in [1.82, 2.24) is 25.8 Å². The van der Waals surface area contributed by atoms with E-state index >= 15 is 0 Å². The molecule has 3 N–H and O–H groups in total. The number of carbonyl (C=O) groups excluding carboxylic acids is 3. The van der Waals surface area contributed by atoms with E-state index in [2.05, 4.69) is 16.0 Å². The zero-order valence-electron chi connectivity index (χ0n) is 24.6. The van der Waals surface area contributed by atoms with Gasteiger partial charge in [-0.1, -0.05) is 18.2 Å². The van der Waals surface area contributed by atoms with E-state index in [-0.39, 0.29) is 38.4 Å². The fourth-order valence-corrected chi connectivity index (χ4v) is 6.84. The van der Waals surface area contributed by atoms with Crippen LogP contribution in [-0.4, -0.2) is 103 Å². The molecule has 1 aromatic carbocycles. The molecule has 238 valence electrons. The maximum atomic E-state index is 14.5. The number of alkyl halides is 4. The van der Waals surface area contributed by atoms with E-state index in [9.17, 15) is 31.9 Å². The number of likely N-dealkylation sites (N-methyl/N-ethyl adjacent to an activating group) is 1. The highest BCUT2D eigenvalue weighted by molar-refractivity contribution is 5.93. The highest BCUT2D eigenvalue weighted by atomic mass is 19.3. The number of amides is 3. The molecular weight excluding hydrogens is 570 g/mol. The molecular formula is C30H41F4N5O4. The largest absolute Gasteiger partial charge is 0.493 e. The Morgan fingerprint density at radius 1 is 1.05 bits per heavy atom. The molecule has 13 heteroatoms. The summed E-state index contributed by atoms with van der Waals surface area (Å²) in [4.78, 5) is 43.7. The molecule has 43 heavy (non-hydrogen) atoms. The fraction of sp³-hybridized carbons (Fsp3) is 0.700. The standard InChI is InChI=1S/C30H41F4N5O4/c1-18(35-2)26(40)37-25(19-7-10-29(31,32)11-8-19)28(42)39-15-21-13-30(33,34)17-38(21)16-23(39)27(41)36-14-20-9-12-43-24-6-4-3-5-22(20)24/h3-6,18-21,23,25,35H,7-17H2,1-2H3,(H,36,41)(H,37,40)/t18-,20-,21+,23-,25-/m0/s1. The molecule has 3 heterocycles. The van der Waals surface area contributed by atoms with E-state index in [1.165, 1.54) is 4.90 Å². The van der Waals surface area contributed by atoms with E-state index in [1.54, 1.807) is 18.9 Å². The predicted molar refractivity (Wildman–Crippen MR) is 150 cm³/mol. The van der Waals surface area contributed by atoms with Gasteiger partial charge in [-0.3, -0.25) is 19.3 Å². The summed E-state index contributed by atoms with van der Waals surface area (Å²) in [6.07, 6.45) is -0.587. The topological polar surface area (TPSA) is 103 Å². The Morgan fingerprint density at radius 3 is 2.49 bits per heavy atom. The van der Waals surface area contributed by atoms with Crippen molar-refractivity contribution in [2.45, 2.75) is 87.4 Å². The average molecular weight is 612 g/mol. The van der Waals surface area contributed by atoms with Crippen molar-refractivity contribution in [3.05, 3.63) is 29.8 Å². The monoisotopic (exact) mass is 611 g/mol. The summed E-state index contributed by atoms with van der Waals surface area (Å²) in [6, 6.07) is 4.00. The molecule has 1 aromatic rings. The third kappa shape index (κ3) is 7.08. The van der Waals surface area contributed by atoms with Gasteiger partial charge in [-0.2, -0.15) is 0 Å². The van der Waals surface area contributed by atoms with Crippen LogP contribution < -0.4 is 20.7 Å². The Morgan fingerprint density at radius 2 is 1.77 bits per heavy atom. The second-order valence-corrected chi connectivity index (χ2v) is 12.5. The molecule has 0 aromatic heterocycles. The molecule has 1 saturated carbocycles. The van der Waals surface area contributed by atoms with Gasteiger partial charge >= 0.3 is 0 Å². The van der Waals surface area contributed by atoms with Crippen LogP contribution in [-0.2, 0) is 14.4 Å². The summed E-state index contributed by atoms with van der Waals surface area (Å²) in [5, 5.41) is 8.50. The number of ether oxygens (including phenoxy) is 1.